The fourth-order valence-electron chi connectivity index (χ4n) is 1.19. The summed E-state index contributed by atoms with van der Waals surface area (Å²) in [4.78, 5) is 1.05. The summed E-state index contributed by atoms with van der Waals surface area (Å²) < 4.78 is 10.9. The van der Waals surface area contributed by atoms with E-state index >= 15 is 0 Å². The molecule has 0 saturated heterocycles. The van der Waals surface area contributed by atoms with Crippen molar-refractivity contribution in [3.63, 3.8) is 0 Å². The monoisotopic (exact) mass is 224 g/mol. The molecule has 0 aliphatic heterocycles. The van der Waals surface area contributed by atoms with E-state index in [9.17, 15) is 0 Å². The molecule has 0 aliphatic rings. The lowest BCUT2D eigenvalue weighted by molar-refractivity contribution is 0.183. The third-order valence-electron chi connectivity index (χ3n) is 1.94. The lowest BCUT2D eigenvalue weighted by Gasteiger charge is -1.96. The van der Waals surface area contributed by atoms with E-state index in [1.54, 1.807) is 11.8 Å². The quantitative estimate of drug-likeness (QED) is 0.786. The van der Waals surface area contributed by atoms with Gasteiger partial charge in [-0.05, 0) is 24.5 Å². The van der Waals surface area contributed by atoms with Crippen LogP contribution in [0.1, 0.15) is 5.69 Å². The highest BCUT2D eigenvalue weighted by molar-refractivity contribution is 7.09. The number of hydrogen-bond donors (Lipinski definition) is 0. The van der Waals surface area contributed by atoms with Gasteiger partial charge in [-0.1, -0.05) is 5.21 Å². The molecule has 2 aromatic rings. The Labute approximate surface area is 91.9 Å². The molecule has 0 unspecified atom stereocenters. The Hall–Kier alpha value is -1.27. The van der Waals surface area contributed by atoms with Crippen LogP contribution in [0.25, 0.3) is 10.6 Å². The SMILES string of the molecule is COCCn1cc(-c2cc(C)ns2)nn1. The van der Waals surface area contributed by atoms with Gasteiger partial charge in [0.15, 0.2) is 0 Å². The summed E-state index contributed by atoms with van der Waals surface area (Å²) in [7, 11) is 1.67. The first-order valence-corrected chi connectivity index (χ1v) is 5.39. The first-order valence-electron chi connectivity index (χ1n) is 4.62. The van der Waals surface area contributed by atoms with Crippen molar-refractivity contribution in [2.24, 2.45) is 0 Å². The summed E-state index contributed by atoms with van der Waals surface area (Å²) in [5.74, 6) is 0. The fourth-order valence-corrected chi connectivity index (χ4v) is 1.90. The molecule has 0 radical (unpaired) electrons. The minimum absolute atomic E-state index is 0.643. The van der Waals surface area contributed by atoms with Crippen LogP contribution in [0.15, 0.2) is 12.3 Å². The zero-order valence-electron chi connectivity index (χ0n) is 8.67. The smallest absolute Gasteiger partial charge is 0.124 e. The van der Waals surface area contributed by atoms with Gasteiger partial charge in [-0.15, -0.1) is 5.10 Å². The first-order chi connectivity index (χ1) is 7.29. The van der Waals surface area contributed by atoms with E-state index in [1.165, 1.54) is 11.5 Å². The molecule has 2 rings (SSSR count). The molecule has 0 amide bonds. The number of rotatable bonds is 4. The van der Waals surface area contributed by atoms with Crippen LogP contribution in [0.5, 0.6) is 0 Å². The predicted molar refractivity (Wildman–Crippen MR) is 57.7 cm³/mol. The summed E-state index contributed by atoms with van der Waals surface area (Å²) in [6.07, 6.45) is 1.91. The van der Waals surface area contributed by atoms with Gasteiger partial charge in [-0.2, -0.15) is 4.37 Å². The highest BCUT2D eigenvalue weighted by Crippen LogP contribution is 2.21. The van der Waals surface area contributed by atoms with Crippen molar-refractivity contribution in [2.75, 3.05) is 13.7 Å². The molecule has 0 atom stereocenters. The molecule has 15 heavy (non-hydrogen) atoms. The summed E-state index contributed by atoms with van der Waals surface area (Å²) in [6, 6.07) is 2.01. The number of nitrogens with zero attached hydrogens (tertiary/aromatic N) is 4. The van der Waals surface area contributed by atoms with Gasteiger partial charge < -0.3 is 4.74 Å². The molecular formula is C9H12N4OS. The minimum atomic E-state index is 0.643. The molecule has 0 saturated carbocycles. The molecule has 0 fully saturated rings. The molecule has 6 heteroatoms. The molecule has 0 N–H and O–H groups in total. The average molecular weight is 224 g/mol. The second-order valence-corrected chi connectivity index (χ2v) is 4.00. The lowest BCUT2D eigenvalue weighted by Crippen LogP contribution is -2.04. The first kappa shape index (κ1) is 10.3. The Morgan fingerprint density at radius 3 is 3.07 bits per heavy atom. The van der Waals surface area contributed by atoms with Crippen molar-refractivity contribution in [2.45, 2.75) is 13.5 Å². The number of hydrogen-bond acceptors (Lipinski definition) is 5. The van der Waals surface area contributed by atoms with Gasteiger partial charge in [0, 0.05) is 7.11 Å². The van der Waals surface area contributed by atoms with Crippen LogP contribution in [0, 0.1) is 6.92 Å². The van der Waals surface area contributed by atoms with Gasteiger partial charge in [-0.3, -0.25) is 0 Å². The van der Waals surface area contributed by atoms with Crippen LogP contribution in [0.2, 0.25) is 0 Å². The zero-order valence-corrected chi connectivity index (χ0v) is 9.49. The average Bonchev–Trinajstić information content (AvgIpc) is 2.83. The molecule has 0 bridgehead atoms. The molecule has 0 aromatic carbocycles. The number of methoxy groups -OCH3 is 1. The van der Waals surface area contributed by atoms with Crippen molar-refractivity contribution in [1.82, 2.24) is 19.4 Å². The van der Waals surface area contributed by atoms with E-state index in [0.717, 1.165) is 22.8 Å². The molecular weight excluding hydrogens is 212 g/mol. The van der Waals surface area contributed by atoms with Crippen LogP contribution in [0.4, 0.5) is 0 Å². The van der Waals surface area contributed by atoms with Crippen LogP contribution in [-0.2, 0) is 11.3 Å². The summed E-state index contributed by atoms with van der Waals surface area (Å²) in [5.41, 5.74) is 1.89. The van der Waals surface area contributed by atoms with Gasteiger partial charge in [0.1, 0.15) is 5.69 Å². The van der Waals surface area contributed by atoms with Crippen molar-refractivity contribution >= 4 is 11.5 Å². The van der Waals surface area contributed by atoms with E-state index in [-0.39, 0.29) is 0 Å². The number of aromatic nitrogens is 4. The highest BCUT2D eigenvalue weighted by atomic mass is 32.1. The third-order valence-corrected chi connectivity index (χ3v) is 2.85. The highest BCUT2D eigenvalue weighted by Gasteiger charge is 2.06. The van der Waals surface area contributed by atoms with Crippen molar-refractivity contribution in [1.29, 1.82) is 0 Å². The van der Waals surface area contributed by atoms with Gasteiger partial charge >= 0.3 is 0 Å². The molecule has 5 nitrogen and oxygen atoms in total. The van der Waals surface area contributed by atoms with Gasteiger partial charge in [0.05, 0.1) is 29.9 Å². The normalized spacial score (nSPS) is 10.8. The second-order valence-electron chi connectivity index (χ2n) is 3.19. The van der Waals surface area contributed by atoms with E-state index < -0.39 is 0 Å². The van der Waals surface area contributed by atoms with Crippen LogP contribution in [0.3, 0.4) is 0 Å². The summed E-state index contributed by atoms with van der Waals surface area (Å²) in [5, 5.41) is 8.09. The minimum Gasteiger partial charge on any atom is -0.383 e. The Balaban J connectivity index is 2.13. The maximum atomic E-state index is 4.97. The second kappa shape index (κ2) is 4.50. The third kappa shape index (κ3) is 2.40. The maximum Gasteiger partial charge on any atom is 0.124 e. The molecule has 0 aliphatic carbocycles. The molecule has 0 spiro atoms. The maximum absolute atomic E-state index is 4.97. The van der Waals surface area contributed by atoms with Gasteiger partial charge in [0.2, 0.25) is 0 Å². The Bertz CT molecular complexity index is 437. The summed E-state index contributed by atoms with van der Waals surface area (Å²) in [6.45, 7) is 3.33. The van der Waals surface area contributed by atoms with Crippen LogP contribution >= 0.6 is 11.5 Å². The molecule has 2 heterocycles. The zero-order chi connectivity index (χ0) is 10.7. The topological polar surface area (TPSA) is 52.8 Å². The van der Waals surface area contributed by atoms with E-state index in [4.69, 9.17) is 4.74 Å². The van der Waals surface area contributed by atoms with Crippen molar-refractivity contribution < 1.29 is 4.74 Å². The predicted octanol–water partition coefficient (Wildman–Crippen LogP) is 1.36. The number of aryl methyl sites for hydroxylation is 1. The molecule has 2 aromatic heterocycles. The van der Waals surface area contributed by atoms with Gasteiger partial charge in [-0.25, -0.2) is 4.68 Å². The van der Waals surface area contributed by atoms with Crippen LogP contribution in [-0.4, -0.2) is 33.1 Å². The van der Waals surface area contributed by atoms with Gasteiger partial charge in [0.25, 0.3) is 0 Å². The Morgan fingerprint density at radius 1 is 1.53 bits per heavy atom. The standard InChI is InChI=1S/C9H12N4OS/c1-7-5-9(15-11-7)8-6-13(12-10-8)3-4-14-2/h5-6H,3-4H2,1-2H3. The summed E-state index contributed by atoms with van der Waals surface area (Å²) >= 11 is 1.44. The largest absolute Gasteiger partial charge is 0.383 e. The van der Waals surface area contributed by atoms with E-state index in [2.05, 4.69) is 14.7 Å². The van der Waals surface area contributed by atoms with E-state index in [1.807, 2.05) is 19.2 Å². The van der Waals surface area contributed by atoms with Crippen molar-refractivity contribution in [3.05, 3.63) is 18.0 Å². The number of ether oxygens (including phenoxy) is 1. The fraction of sp³-hybridized carbons (Fsp3) is 0.444. The van der Waals surface area contributed by atoms with Crippen LogP contribution < -0.4 is 0 Å². The van der Waals surface area contributed by atoms with E-state index in [0.29, 0.717) is 6.61 Å². The molecule has 80 valence electrons. The Morgan fingerprint density at radius 2 is 2.40 bits per heavy atom. The van der Waals surface area contributed by atoms with Crippen molar-refractivity contribution in [3.8, 4) is 10.6 Å². The Kier molecular flexibility index (Phi) is 3.08. The lowest BCUT2D eigenvalue weighted by atomic mass is 10.3.